The summed E-state index contributed by atoms with van der Waals surface area (Å²) >= 11 is 1.58. The van der Waals surface area contributed by atoms with Gasteiger partial charge in [-0.05, 0) is 6.92 Å². The highest BCUT2D eigenvalue weighted by atomic mass is 32.1. The topological polar surface area (TPSA) is 73.9 Å². The largest absolute Gasteiger partial charge is 0.335 e. The fourth-order valence-corrected chi connectivity index (χ4v) is 3.18. The first-order valence-corrected chi connectivity index (χ1v) is 7.46. The number of carbonyl (C=O) groups is 1. The van der Waals surface area contributed by atoms with Crippen molar-refractivity contribution in [3.8, 4) is 0 Å². The molecule has 2 aromatic rings. The first kappa shape index (κ1) is 13.3. The summed E-state index contributed by atoms with van der Waals surface area (Å²) in [6.07, 6.45) is 0.896. The molecule has 106 valence electrons. The van der Waals surface area contributed by atoms with E-state index in [1.54, 1.807) is 23.3 Å². The molecule has 1 aliphatic heterocycles. The Morgan fingerprint density at radius 1 is 1.55 bits per heavy atom. The summed E-state index contributed by atoms with van der Waals surface area (Å²) < 4.78 is 0. The van der Waals surface area contributed by atoms with Crippen LogP contribution in [0.4, 0.5) is 0 Å². The van der Waals surface area contributed by atoms with E-state index in [1.165, 1.54) is 0 Å². The van der Waals surface area contributed by atoms with E-state index in [4.69, 9.17) is 0 Å². The second-order valence-corrected chi connectivity index (χ2v) is 5.92. The maximum Gasteiger partial charge on any atom is 0.274 e. The second-order valence-electron chi connectivity index (χ2n) is 4.98. The average Bonchev–Trinajstić information content (AvgIpc) is 3.05. The molecule has 1 aliphatic rings. The van der Waals surface area contributed by atoms with E-state index in [1.807, 2.05) is 12.4 Å². The Morgan fingerprint density at radius 2 is 2.40 bits per heavy atom. The molecule has 0 unspecified atom stereocenters. The number of thiazole rings is 1. The zero-order valence-electron chi connectivity index (χ0n) is 11.6. The lowest BCUT2D eigenvalue weighted by atomic mass is 10.1. The molecular formula is C13H17N5OS. The molecule has 6 nitrogen and oxygen atoms in total. The normalized spacial score (nSPS) is 14.1. The standard InChI is InChI=1S/C13H17N5OS/c1-8-11(20-7-15-8)6-18(2)13(19)12-9-5-14-4-3-10(9)16-17-12/h7,14H,3-6H2,1-2H3,(H,16,17). The zero-order chi connectivity index (χ0) is 14.1. The van der Waals surface area contributed by atoms with Gasteiger partial charge in [0, 0.05) is 42.7 Å². The molecular weight excluding hydrogens is 274 g/mol. The molecule has 3 rings (SSSR count). The van der Waals surface area contributed by atoms with Crippen LogP contribution < -0.4 is 5.32 Å². The van der Waals surface area contributed by atoms with Crippen LogP contribution in [0.3, 0.4) is 0 Å². The molecule has 0 saturated carbocycles. The van der Waals surface area contributed by atoms with Crippen molar-refractivity contribution in [2.45, 2.75) is 26.4 Å². The Labute approximate surface area is 121 Å². The van der Waals surface area contributed by atoms with Crippen molar-refractivity contribution in [2.24, 2.45) is 0 Å². The molecule has 0 atom stereocenters. The van der Waals surface area contributed by atoms with Crippen molar-refractivity contribution in [2.75, 3.05) is 13.6 Å². The van der Waals surface area contributed by atoms with Gasteiger partial charge in [0.05, 0.1) is 17.7 Å². The van der Waals surface area contributed by atoms with E-state index in [2.05, 4.69) is 20.5 Å². The van der Waals surface area contributed by atoms with Gasteiger partial charge < -0.3 is 10.2 Å². The van der Waals surface area contributed by atoms with Crippen LogP contribution in [0.15, 0.2) is 5.51 Å². The Hall–Kier alpha value is -1.73. The highest BCUT2D eigenvalue weighted by molar-refractivity contribution is 7.09. The average molecular weight is 291 g/mol. The van der Waals surface area contributed by atoms with Gasteiger partial charge in [0.15, 0.2) is 5.69 Å². The number of hydrogen-bond donors (Lipinski definition) is 2. The summed E-state index contributed by atoms with van der Waals surface area (Å²) in [4.78, 5) is 19.5. The molecule has 0 fully saturated rings. The van der Waals surface area contributed by atoms with Crippen molar-refractivity contribution < 1.29 is 4.79 Å². The fourth-order valence-electron chi connectivity index (χ4n) is 2.35. The molecule has 0 bridgehead atoms. The summed E-state index contributed by atoms with van der Waals surface area (Å²) in [5.41, 5.74) is 5.42. The minimum Gasteiger partial charge on any atom is -0.335 e. The molecule has 0 saturated heterocycles. The van der Waals surface area contributed by atoms with E-state index < -0.39 is 0 Å². The van der Waals surface area contributed by atoms with E-state index in [-0.39, 0.29) is 5.91 Å². The molecule has 20 heavy (non-hydrogen) atoms. The number of nitrogens with one attached hydrogen (secondary N) is 2. The minimum atomic E-state index is -0.0426. The van der Waals surface area contributed by atoms with Crippen molar-refractivity contribution >= 4 is 17.2 Å². The molecule has 7 heteroatoms. The maximum atomic E-state index is 12.5. The molecule has 3 heterocycles. The lowest BCUT2D eigenvalue weighted by Crippen LogP contribution is -2.29. The summed E-state index contributed by atoms with van der Waals surface area (Å²) in [7, 11) is 1.80. The predicted octanol–water partition coefficient (Wildman–Crippen LogP) is 1.09. The number of nitrogens with zero attached hydrogens (tertiary/aromatic N) is 3. The van der Waals surface area contributed by atoms with Crippen LogP contribution in [0.25, 0.3) is 0 Å². The van der Waals surface area contributed by atoms with Crippen LogP contribution in [0.1, 0.15) is 32.3 Å². The number of amides is 1. The highest BCUT2D eigenvalue weighted by Crippen LogP contribution is 2.19. The Kier molecular flexibility index (Phi) is 3.54. The van der Waals surface area contributed by atoms with E-state index >= 15 is 0 Å². The van der Waals surface area contributed by atoms with Crippen LogP contribution in [0.5, 0.6) is 0 Å². The number of hydrogen-bond acceptors (Lipinski definition) is 5. The van der Waals surface area contributed by atoms with Crippen molar-refractivity contribution in [1.82, 2.24) is 25.4 Å². The maximum absolute atomic E-state index is 12.5. The van der Waals surface area contributed by atoms with Crippen LogP contribution in [0.2, 0.25) is 0 Å². The van der Waals surface area contributed by atoms with Crippen molar-refractivity contribution in [1.29, 1.82) is 0 Å². The van der Waals surface area contributed by atoms with Crippen molar-refractivity contribution in [3.05, 3.63) is 33.0 Å². The van der Waals surface area contributed by atoms with Crippen LogP contribution in [0, 0.1) is 6.92 Å². The third kappa shape index (κ3) is 2.34. The third-order valence-corrected chi connectivity index (χ3v) is 4.50. The van der Waals surface area contributed by atoms with Gasteiger partial charge >= 0.3 is 0 Å². The van der Waals surface area contributed by atoms with Gasteiger partial charge in [-0.15, -0.1) is 11.3 Å². The third-order valence-electron chi connectivity index (χ3n) is 3.58. The Morgan fingerprint density at radius 3 is 3.15 bits per heavy atom. The van der Waals surface area contributed by atoms with Crippen LogP contribution in [-0.2, 0) is 19.5 Å². The number of fused-ring (bicyclic) bond motifs is 1. The lowest BCUT2D eigenvalue weighted by Gasteiger charge is -2.17. The van der Waals surface area contributed by atoms with Crippen LogP contribution >= 0.6 is 11.3 Å². The van der Waals surface area contributed by atoms with Gasteiger partial charge in [0.2, 0.25) is 0 Å². The number of H-pyrrole nitrogens is 1. The SMILES string of the molecule is Cc1ncsc1CN(C)C(=O)c1n[nH]c2c1CNCC2. The van der Waals surface area contributed by atoms with Crippen LogP contribution in [-0.4, -0.2) is 39.6 Å². The number of aryl methyl sites for hydroxylation is 1. The van der Waals surface area contributed by atoms with Crippen molar-refractivity contribution in [3.63, 3.8) is 0 Å². The molecule has 0 spiro atoms. The smallest absolute Gasteiger partial charge is 0.274 e. The monoisotopic (exact) mass is 291 g/mol. The van der Waals surface area contributed by atoms with E-state index in [9.17, 15) is 4.79 Å². The van der Waals surface area contributed by atoms with Gasteiger partial charge in [-0.1, -0.05) is 0 Å². The minimum absolute atomic E-state index is 0.0426. The number of carbonyl (C=O) groups excluding carboxylic acids is 1. The highest BCUT2D eigenvalue weighted by Gasteiger charge is 2.24. The van der Waals surface area contributed by atoms with Gasteiger partial charge in [0.1, 0.15) is 0 Å². The molecule has 1 amide bonds. The molecule has 0 aliphatic carbocycles. The molecule has 2 N–H and O–H groups in total. The summed E-state index contributed by atoms with van der Waals surface area (Å²) in [5.74, 6) is -0.0426. The Bertz CT molecular complexity index is 632. The van der Waals surface area contributed by atoms with Gasteiger partial charge in [-0.2, -0.15) is 5.10 Å². The first-order chi connectivity index (χ1) is 9.66. The summed E-state index contributed by atoms with van der Waals surface area (Å²) in [6.45, 7) is 4.17. The summed E-state index contributed by atoms with van der Waals surface area (Å²) in [5, 5.41) is 10.5. The van der Waals surface area contributed by atoms with Gasteiger partial charge in [-0.3, -0.25) is 9.89 Å². The Balaban J connectivity index is 1.78. The molecule has 0 radical (unpaired) electrons. The fraction of sp³-hybridized carbons (Fsp3) is 0.462. The first-order valence-electron chi connectivity index (χ1n) is 6.58. The molecule has 0 aromatic carbocycles. The van der Waals surface area contributed by atoms with Gasteiger partial charge in [0.25, 0.3) is 5.91 Å². The van der Waals surface area contributed by atoms with Gasteiger partial charge in [-0.25, -0.2) is 4.98 Å². The predicted molar refractivity (Wildman–Crippen MR) is 76.6 cm³/mol. The number of aromatic nitrogens is 3. The lowest BCUT2D eigenvalue weighted by molar-refractivity contribution is 0.0779. The zero-order valence-corrected chi connectivity index (χ0v) is 12.4. The molecule has 2 aromatic heterocycles. The summed E-state index contributed by atoms with van der Waals surface area (Å²) in [6, 6.07) is 0. The second kappa shape index (κ2) is 5.34. The number of rotatable bonds is 3. The van der Waals surface area contributed by atoms with E-state index in [0.29, 0.717) is 18.8 Å². The van der Waals surface area contributed by atoms with E-state index in [0.717, 1.165) is 34.8 Å². The number of aromatic amines is 1. The quantitative estimate of drug-likeness (QED) is 0.888.